The smallest absolute Gasteiger partial charge is 0.225 e. The minimum Gasteiger partial charge on any atom is -0.489 e. The van der Waals surface area contributed by atoms with Gasteiger partial charge >= 0.3 is 0 Å². The summed E-state index contributed by atoms with van der Waals surface area (Å²) < 4.78 is 11.0. The topological polar surface area (TPSA) is 63.5 Å². The first kappa shape index (κ1) is 17.8. The number of carbonyl (C=O) groups is 1. The second-order valence-corrected chi connectivity index (χ2v) is 5.85. The Morgan fingerprint density at radius 2 is 1.77 bits per heavy atom. The Bertz CT molecular complexity index is 784. The molecule has 0 saturated heterocycles. The van der Waals surface area contributed by atoms with Gasteiger partial charge in [-0.2, -0.15) is 0 Å². The third-order valence-electron chi connectivity index (χ3n) is 3.79. The van der Waals surface area contributed by atoms with Gasteiger partial charge in [0.15, 0.2) is 0 Å². The standard InChI is InChI=1S/C21H22N2O3/c24-21(12-13-22-15-20-7-4-14-25-20)23-18-8-10-19(11-9-18)26-16-17-5-2-1-3-6-17/h1-11,14,22H,12-13,15-16H2,(H,23,24). The summed E-state index contributed by atoms with van der Waals surface area (Å²) in [5, 5.41) is 6.05. The van der Waals surface area contributed by atoms with Crippen LogP contribution in [0.5, 0.6) is 5.75 Å². The molecule has 0 fully saturated rings. The summed E-state index contributed by atoms with van der Waals surface area (Å²) in [5.74, 6) is 1.60. The Hall–Kier alpha value is -3.05. The normalized spacial score (nSPS) is 10.5. The molecule has 2 N–H and O–H groups in total. The maximum Gasteiger partial charge on any atom is 0.225 e. The molecule has 1 heterocycles. The van der Waals surface area contributed by atoms with E-state index in [-0.39, 0.29) is 5.91 Å². The highest BCUT2D eigenvalue weighted by Gasteiger charge is 2.03. The summed E-state index contributed by atoms with van der Waals surface area (Å²) in [6.45, 7) is 1.73. The summed E-state index contributed by atoms with van der Waals surface area (Å²) in [6, 6.07) is 21.1. The van der Waals surface area contributed by atoms with E-state index in [1.54, 1.807) is 6.26 Å². The SMILES string of the molecule is O=C(CCNCc1ccco1)Nc1ccc(OCc2ccccc2)cc1. The van der Waals surface area contributed by atoms with Crippen molar-refractivity contribution in [1.29, 1.82) is 0 Å². The van der Waals surface area contributed by atoms with Gasteiger partial charge in [0.2, 0.25) is 5.91 Å². The molecule has 26 heavy (non-hydrogen) atoms. The van der Waals surface area contributed by atoms with E-state index in [1.807, 2.05) is 66.7 Å². The highest BCUT2D eigenvalue weighted by atomic mass is 16.5. The van der Waals surface area contributed by atoms with E-state index in [1.165, 1.54) is 0 Å². The van der Waals surface area contributed by atoms with Gasteiger partial charge in [0.1, 0.15) is 18.1 Å². The van der Waals surface area contributed by atoms with Crippen molar-refractivity contribution >= 4 is 11.6 Å². The molecule has 1 amide bonds. The van der Waals surface area contributed by atoms with E-state index in [0.29, 0.717) is 26.1 Å². The van der Waals surface area contributed by atoms with Crippen LogP contribution in [0, 0.1) is 0 Å². The Balaban J connectivity index is 1.37. The molecular formula is C21H22N2O3. The third kappa shape index (κ3) is 5.79. The van der Waals surface area contributed by atoms with E-state index in [2.05, 4.69) is 10.6 Å². The summed E-state index contributed by atoms with van der Waals surface area (Å²) in [7, 11) is 0. The van der Waals surface area contributed by atoms with Crippen LogP contribution in [0.15, 0.2) is 77.4 Å². The first-order chi connectivity index (χ1) is 12.8. The molecule has 3 aromatic rings. The number of hydrogen-bond acceptors (Lipinski definition) is 4. The lowest BCUT2D eigenvalue weighted by atomic mass is 10.2. The molecule has 5 heteroatoms. The fraction of sp³-hybridized carbons (Fsp3) is 0.190. The van der Waals surface area contributed by atoms with Gasteiger partial charge in [-0.05, 0) is 42.0 Å². The number of hydrogen-bond donors (Lipinski definition) is 2. The van der Waals surface area contributed by atoms with Crippen molar-refractivity contribution in [3.05, 3.63) is 84.3 Å². The van der Waals surface area contributed by atoms with Crippen molar-refractivity contribution in [1.82, 2.24) is 5.32 Å². The van der Waals surface area contributed by atoms with Crippen LogP contribution < -0.4 is 15.4 Å². The van der Waals surface area contributed by atoms with Crippen LogP contribution in [-0.4, -0.2) is 12.5 Å². The number of rotatable bonds is 9. The van der Waals surface area contributed by atoms with Gasteiger partial charge in [0.05, 0.1) is 12.8 Å². The van der Waals surface area contributed by atoms with Crippen LogP contribution >= 0.6 is 0 Å². The molecule has 3 rings (SSSR count). The molecule has 2 aromatic carbocycles. The van der Waals surface area contributed by atoms with Crippen LogP contribution in [0.25, 0.3) is 0 Å². The molecule has 134 valence electrons. The maximum atomic E-state index is 12.0. The highest BCUT2D eigenvalue weighted by Crippen LogP contribution is 2.17. The molecule has 0 aliphatic carbocycles. The highest BCUT2D eigenvalue weighted by molar-refractivity contribution is 5.90. The number of ether oxygens (including phenoxy) is 1. The Morgan fingerprint density at radius 3 is 2.50 bits per heavy atom. The molecule has 0 spiro atoms. The van der Waals surface area contributed by atoms with Gasteiger partial charge < -0.3 is 19.8 Å². The van der Waals surface area contributed by atoms with Crippen LogP contribution in [0.3, 0.4) is 0 Å². The zero-order chi connectivity index (χ0) is 18.0. The fourth-order valence-electron chi connectivity index (χ4n) is 2.43. The van der Waals surface area contributed by atoms with Crippen molar-refractivity contribution in [2.45, 2.75) is 19.6 Å². The maximum absolute atomic E-state index is 12.0. The number of amides is 1. The number of anilines is 1. The average molecular weight is 350 g/mol. The molecule has 0 aliphatic heterocycles. The molecule has 0 bridgehead atoms. The second-order valence-electron chi connectivity index (χ2n) is 5.85. The quantitative estimate of drug-likeness (QED) is 0.573. The van der Waals surface area contributed by atoms with Gasteiger partial charge in [-0.15, -0.1) is 0 Å². The van der Waals surface area contributed by atoms with Crippen molar-refractivity contribution in [3.8, 4) is 5.75 Å². The van der Waals surface area contributed by atoms with Gasteiger partial charge in [0.25, 0.3) is 0 Å². The van der Waals surface area contributed by atoms with E-state index in [9.17, 15) is 4.79 Å². The van der Waals surface area contributed by atoms with E-state index in [0.717, 1.165) is 22.8 Å². The monoisotopic (exact) mass is 350 g/mol. The molecule has 0 saturated carbocycles. The van der Waals surface area contributed by atoms with Crippen molar-refractivity contribution in [2.75, 3.05) is 11.9 Å². The first-order valence-electron chi connectivity index (χ1n) is 8.59. The Morgan fingerprint density at radius 1 is 0.962 bits per heavy atom. The summed E-state index contributed by atoms with van der Waals surface area (Å²) in [6.07, 6.45) is 2.03. The minimum absolute atomic E-state index is 0.0325. The molecular weight excluding hydrogens is 328 g/mol. The number of carbonyl (C=O) groups excluding carboxylic acids is 1. The largest absolute Gasteiger partial charge is 0.489 e. The summed E-state index contributed by atoms with van der Waals surface area (Å²) in [5.41, 5.74) is 1.88. The Labute approximate surface area is 153 Å². The van der Waals surface area contributed by atoms with Crippen molar-refractivity contribution in [3.63, 3.8) is 0 Å². The predicted molar refractivity (Wildman–Crippen MR) is 101 cm³/mol. The predicted octanol–water partition coefficient (Wildman–Crippen LogP) is 3.98. The van der Waals surface area contributed by atoms with Gasteiger partial charge in [-0.1, -0.05) is 30.3 Å². The summed E-state index contributed by atoms with van der Waals surface area (Å²) in [4.78, 5) is 12.0. The van der Waals surface area contributed by atoms with Crippen LogP contribution in [-0.2, 0) is 17.9 Å². The third-order valence-corrected chi connectivity index (χ3v) is 3.79. The Kier molecular flexibility index (Phi) is 6.45. The second kappa shape index (κ2) is 9.44. The van der Waals surface area contributed by atoms with Gasteiger partial charge in [-0.3, -0.25) is 4.79 Å². The van der Waals surface area contributed by atoms with Crippen LogP contribution in [0.2, 0.25) is 0 Å². The average Bonchev–Trinajstić information content (AvgIpc) is 3.19. The molecule has 5 nitrogen and oxygen atoms in total. The van der Waals surface area contributed by atoms with E-state index < -0.39 is 0 Å². The first-order valence-corrected chi connectivity index (χ1v) is 8.59. The molecule has 0 aliphatic rings. The van der Waals surface area contributed by atoms with Crippen molar-refractivity contribution in [2.24, 2.45) is 0 Å². The lowest BCUT2D eigenvalue weighted by Gasteiger charge is -2.09. The zero-order valence-electron chi connectivity index (χ0n) is 14.5. The lowest BCUT2D eigenvalue weighted by molar-refractivity contribution is -0.116. The van der Waals surface area contributed by atoms with Gasteiger partial charge in [-0.25, -0.2) is 0 Å². The number of benzene rings is 2. The minimum atomic E-state index is -0.0325. The van der Waals surface area contributed by atoms with Crippen molar-refractivity contribution < 1.29 is 13.9 Å². The molecule has 0 atom stereocenters. The number of furan rings is 1. The molecule has 0 unspecified atom stereocenters. The molecule has 0 radical (unpaired) electrons. The van der Waals surface area contributed by atoms with E-state index >= 15 is 0 Å². The zero-order valence-corrected chi connectivity index (χ0v) is 14.5. The fourth-order valence-corrected chi connectivity index (χ4v) is 2.43. The molecule has 1 aromatic heterocycles. The lowest BCUT2D eigenvalue weighted by Crippen LogP contribution is -2.21. The van der Waals surface area contributed by atoms with Crippen LogP contribution in [0.1, 0.15) is 17.7 Å². The van der Waals surface area contributed by atoms with Crippen LogP contribution in [0.4, 0.5) is 5.69 Å². The van der Waals surface area contributed by atoms with Gasteiger partial charge in [0, 0.05) is 18.7 Å². The number of nitrogens with one attached hydrogen (secondary N) is 2. The summed E-state index contributed by atoms with van der Waals surface area (Å²) >= 11 is 0. The van der Waals surface area contributed by atoms with E-state index in [4.69, 9.17) is 9.15 Å².